The Labute approximate surface area is 124 Å². The summed E-state index contributed by atoms with van der Waals surface area (Å²) < 4.78 is 6.06. The number of rotatable bonds is 4. The molecule has 0 aliphatic heterocycles. The molecule has 2 aromatic carbocycles. The lowest BCUT2D eigenvalue weighted by atomic mass is 10.1. The Morgan fingerprint density at radius 1 is 1.30 bits per heavy atom. The first-order valence-corrected chi connectivity index (χ1v) is 6.72. The van der Waals surface area contributed by atoms with Crippen molar-refractivity contribution in [3.8, 4) is 11.5 Å². The zero-order chi connectivity index (χ0) is 14.7. The molecule has 0 saturated carbocycles. The Kier molecular flexibility index (Phi) is 4.36. The molecule has 104 valence electrons. The lowest BCUT2D eigenvalue weighted by molar-refractivity contribution is -0.385. The van der Waals surface area contributed by atoms with Gasteiger partial charge in [0.25, 0.3) is 5.69 Å². The topological polar surface area (TPSA) is 78.4 Å². The van der Waals surface area contributed by atoms with E-state index in [0.29, 0.717) is 22.5 Å². The molecule has 6 heteroatoms. The van der Waals surface area contributed by atoms with Crippen LogP contribution in [0.15, 0.2) is 40.9 Å². The molecule has 0 heterocycles. The van der Waals surface area contributed by atoms with Gasteiger partial charge >= 0.3 is 0 Å². The van der Waals surface area contributed by atoms with Gasteiger partial charge in [0.1, 0.15) is 16.0 Å². The SMILES string of the molecule is Cc1ccc(Oc2cccc([N+](=O)[O-])c2Br)c(CN)c1. The van der Waals surface area contributed by atoms with Crippen LogP contribution in [0, 0.1) is 17.0 Å². The summed E-state index contributed by atoms with van der Waals surface area (Å²) in [7, 11) is 0. The largest absolute Gasteiger partial charge is 0.456 e. The van der Waals surface area contributed by atoms with E-state index >= 15 is 0 Å². The van der Waals surface area contributed by atoms with Gasteiger partial charge in [-0.25, -0.2) is 0 Å². The molecular formula is C14H13BrN2O3. The van der Waals surface area contributed by atoms with Gasteiger partial charge in [0.2, 0.25) is 0 Å². The predicted octanol–water partition coefficient (Wildman–Crippen LogP) is 3.92. The third-order valence-electron chi connectivity index (χ3n) is 2.80. The van der Waals surface area contributed by atoms with Crippen LogP contribution in [0.4, 0.5) is 5.69 Å². The van der Waals surface area contributed by atoms with Crippen molar-refractivity contribution in [1.29, 1.82) is 0 Å². The number of halogens is 1. The molecule has 0 aromatic heterocycles. The maximum Gasteiger partial charge on any atom is 0.287 e. The van der Waals surface area contributed by atoms with Crippen molar-refractivity contribution in [2.24, 2.45) is 5.73 Å². The highest BCUT2D eigenvalue weighted by Crippen LogP contribution is 2.37. The quantitative estimate of drug-likeness (QED) is 0.677. The van der Waals surface area contributed by atoms with Crippen molar-refractivity contribution >= 4 is 21.6 Å². The molecule has 0 atom stereocenters. The van der Waals surface area contributed by atoms with Crippen molar-refractivity contribution in [3.63, 3.8) is 0 Å². The van der Waals surface area contributed by atoms with E-state index < -0.39 is 4.92 Å². The van der Waals surface area contributed by atoms with Crippen LogP contribution in [-0.4, -0.2) is 4.92 Å². The number of nitrogens with two attached hydrogens (primary N) is 1. The number of benzene rings is 2. The van der Waals surface area contributed by atoms with E-state index in [2.05, 4.69) is 15.9 Å². The summed E-state index contributed by atoms with van der Waals surface area (Å²) in [6.45, 7) is 2.30. The predicted molar refractivity (Wildman–Crippen MR) is 79.9 cm³/mol. The van der Waals surface area contributed by atoms with Gasteiger partial charge in [-0.05, 0) is 35.0 Å². The van der Waals surface area contributed by atoms with Gasteiger partial charge in [-0.15, -0.1) is 0 Å². The lowest BCUT2D eigenvalue weighted by Crippen LogP contribution is -2.00. The Hall–Kier alpha value is -1.92. The van der Waals surface area contributed by atoms with Crippen LogP contribution in [0.3, 0.4) is 0 Å². The average Bonchev–Trinajstić information content (AvgIpc) is 2.42. The molecule has 20 heavy (non-hydrogen) atoms. The van der Waals surface area contributed by atoms with E-state index in [0.717, 1.165) is 11.1 Å². The van der Waals surface area contributed by atoms with Crippen molar-refractivity contribution in [1.82, 2.24) is 0 Å². The first-order valence-electron chi connectivity index (χ1n) is 5.93. The average molecular weight is 337 g/mol. The number of nitrogens with zero attached hydrogens (tertiary/aromatic N) is 1. The third-order valence-corrected chi connectivity index (χ3v) is 3.59. The minimum absolute atomic E-state index is 0.0380. The second kappa shape index (κ2) is 6.02. The van der Waals surface area contributed by atoms with E-state index in [-0.39, 0.29) is 5.69 Å². The summed E-state index contributed by atoms with van der Waals surface area (Å²) in [6, 6.07) is 10.3. The number of hydrogen-bond donors (Lipinski definition) is 1. The fourth-order valence-corrected chi connectivity index (χ4v) is 2.29. The van der Waals surface area contributed by atoms with E-state index in [4.69, 9.17) is 10.5 Å². The van der Waals surface area contributed by atoms with Gasteiger partial charge < -0.3 is 10.5 Å². The Bertz CT molecular complexity index is 659. The molecule has 0 aliphatic carbocycles. The summed E-state index contributed by atoms with van der Waals surface area (Å²) in [4.78, 5) is 10.4. The molecule has 0 radical (unpaired) electrons. The van der Waals surface area contributed by atoms with E-state index in [1.165, 1.54) is 6.07 Å². The van der Waals surface area contributed by atoms with Crippen molar-refractivity contribution in [2.45, 2.75) is 13.5 Å². The molecule has 2 aromatic rings. The van der Waals surface area contributed by atoms with Gasteiger partial charge in [0.05, 0.1) is 4.92 Å². The number of nitro benzene ring substituents is 1. The maximum absolute atomic E-state index is 10.9. The molecule has 0 aliphatic rings. The zero-order valence-electron chi connectivity index (χ0n) is 10.8. The molecule has 0 bridgehead atoms. The molecule has 5 nitrogen and oxygen atoms in total. The van der Waals surface area contributed by atoms with Gasteiger partial charge in [-0.1, -0.05) is 23.8 Å². The molecule has 0 spiro atoms. The second-order valence-electron chi connectivity index (χ2n) is 4.26. The van der Waals surface area contributed by atoms with E-state index in [1.54, 1.807) is 12.1 Å². The van der Waals surface area contributed by atoms with Gasteiger partial charge in [0.15, 0.2) is 0 Å². The summed E-state index contributed by atoms with van der Waals surface area (Å²) in [6.07, 6.45) is 0. The minimum Gasteiger partial charge on any atom is -0.456 e. The van der Waals surface area contributed by atoms with Crippen LogP contribution < -0.4 is 10.5 Å². The monoisotopic (exact) mass is 336 g/mol. The van der Waals surface area contributed by atoms with E-state index in [1.807, 2.05) is 25.1 Å². The standard InChI is InChI=1S/C14H13BrN2O3/c1-9-5-6-12(10(7-9)8-16)20-13-4-2-3-11(14(13)15)17(18)19/h2-7H,8,16H2,1H3. The van der Waals surface area contributed by atoms with Crippen molar-refractivity contribution in [2.75, 3.05) is 0 Å². The van der Waals surface area contributed by atoms with Gasteiger partial charge in [0, 0.05) is 18.2 Å². The first kappa shape index (κ1) is 14.5. The number of nitro groups is 1. The third kappa shape index (κ3) is 2.97. The summed E-state index contributed by atoms with van der Waals surface area (Å²) in [5.41, 5.74) is 7.58. The molecule has 0 amide bonds. The number of ether oxygens (including phenoxy) is 1. The highest BCUT2D eigenvalue weighted by molar-refractivity contribution is 9.10. The maximum atomic E-state index is 10.9. The normalized spacial score (nSPS) is 10.3. The number of aryl methyl sites for hydroxylation is 1. The Balaban J connectivity index is 2.40. The summed E-state index contributed by atoms with van der Waals surface area (Å²) >= 11 is 3.20. The Morgan fingerprint density at radius 3 is 2.70 bits per heavy atom. The molecule has 0 saturated heterocycles. The lowest BCUT2D eigenvalue weighted by Gasteiger charge is -2.12. The van der Waals surface area contributed by atoms with Crippen LogP contribution in [0.25, 0.3) is 0 Å². The smallest absolute Gasteiger partial charge is 0.287 e. The molecule has 2 N–H and O–H groups in total. The summed E-state index contributed by atoms with van der Waals surface area (Å²) in [5, 5.41) is 10.9. The van der Waals surface area contributed by atoms with Crippen LogP contribution in [0.5, 0.6) is 11.5 Å². The van der Waals surface area contributed by atoms with Crippen LogP contribution in [0.1, 0.15) is 11.1 Å². The second-order valence-corrected chi connectivity index (χ2v) is 5.06. The minimum atomic E-state index is -0.462. The molecule has 0 unspecified atom stereocenters. The molecular weight excluding hydrogens is 324 g/mol. The van der Waals surface area contributed by atoms with Crippen molar-refractivity contribution in [3.05, 3.63) is 62.1 Å². The summed E-state index contributed by atoms with van der Waals surface area (Å²) in [5.74, 6) is 0.983. The molecule has 2 rings (SSSR count). The van der Waals surface area contributed by atoms with Gasteiger partial charge in [-0.2, -0.15) is 0 Å². The van der Waals surface area contributed by atoms with Crippen LogP contribution in [-0.2, 0) is 6.54 Å². The van der Waals surface area contributed by atoms with Crippen LogP contribution >= 0.6 is 15.9 Å². The van der Waals surface area contributed by atoms with Gasteiger partial charge in [-0.3, -0.25) is 10.1 Å². The molecule has 0 fully saturated rings. The highest BCUT2D eigenvalue weighted by atomic mass is 79.9. The zero-order valence-corrected chi connectivity index (χ0v) is 12.4. The number of hydrogen-bond acceptors (Lipinski definition) is 4. The van der Waals surface area contributed by atoms with Crippen LogP contribution in [0.2, 0.25) is 0 Å². The fraction of sp³-hybridized carbons (Fsp3) is 0.143. The Morgan fingerprint density at radius 2 is 2.05 bits per heavy atom. The highest BCUT2D eigenvalue weighted by Gasteiger charge is 2.17. The van der Waals surface area contributed by atoms with E-state index in [9.17, 15) is 10.1 Å². The van der Waals surface area contributed by atoms with Crippen molar-refractivity contribution < 1.29 is 9.66 Å². The fourth-order valence-electron chi connectivity index (χ4n) is 1.80. The first-order chi connectivity index (χ1) is 9.52.